The first-order valence-corrected chi connectivity index (χ1v) is 7.46. The van der Waals surface area contributed by atoms with Crippen LogP contribution in [0, 0.1) is 5.82 Å². The fourth-order valence-electron chi connectivity index (χ4n) is 2.40. The quantitative estimate of drug-likeness (QED) is 0.734. The molecule has 0 saturated heterocycles. The van der Waals surface area contributed by atoms with Gasteiger partial charge in [0.1, 0.15) is 5.82 Å². The van der Waals surface area contributed by atoms with Gasteiger partial charge < -0.3 is 9.42 Å². The van der Waals surface area contributed by atoms with E-state index >= 15 is 0 Å². The van der Waals surface area contributed by atoms with Gasteiger partial charge in [0.25, 0.3) is 5.91 Å². The fourth-order valence-corrected chi connectivity index (χ4v) is 2.40. The highest BCUT2D eigenvalue weighted by Gasteiger charge is 2.24. The maximum Gasteiger partial charge on any atom is 0.276 e. The van der Waals surface area contributed by atoms with Crippen LogP contribution in [0.4, 0.5) is 4.39 Å². The third kappa shape index (κ3) is 3.03. The summed E-state index contributed by atoms with van der Waals surface area (Å²) in [5.41, 5.74) is 1.35. The molecule has 0 saturated carbocycles. The molecule has 0 spiro atoms. The minimum absolute atomic E-state index is 0.166. The largest absolute Gasteiger partial charge is 0.355 e. The van der Waals surface area contributed by atoms with Gasteiger partial charge in [0, 0.05) is 36.6 Å². The Kier molecular flexibility index (Phi) is 4.37. The van der Waals surface area contributed by atoms with E-state index in [-0.39, 0.29) is 17.4 Å². The Morgan fingerprint density at radius 1 is 1.25 bits per heavy atom. The van der Waals surface area contributed by atoms with E-state index in [9.17, 15) is 9.18 Å². The highest BCUT2D eigenvalue weighted by Crippen LogP contribution is 2.24. The Balaban J connectivity index is 1.82. The van der Waals surface area contributed by atoms with Crippen LogP contribution in [0.5, 0.6) is 0 Å². The highest BCUT2D eigenvalue weighted by molar-refractivity contribution is 5.93. The molecule has 0 aliphatic carbocycles. The maximum atomic E-state index is 13.9. The lowest BCUT2D eigenvalue weighted by Gasteiger charge is -2.24. The number of halogens is 1. The molecule has 0 N–H and O–H groups in total. The van der Waals surface area contributed by atoms with Gasteiger partial charge in [-0.1, -0.05) is 23.4 Å². The summed E-state index contributed by atoms with van der Waals surface area (Å²) in [7, 11) is 1.61. The van der Waals surface area contributed by atoms with Gasteiger partial charge in [0.2, 0.25) is 0 Å². The molecule has 6 heteroatoms. The lowest BCUT2D eigenvalue weighted by atomic mass is 10.1. The zero-order chi connectivity index (χ0) is 17.1. The first-order valence-electron chi connectivity index (χ1n) is 7.46. The van der Waals surface area contributed by atoms with E-state index in [0.717, 1.165) is 5.56 Å². The minimum Gasteiger partial charge on any atom is -0.355 e. The van der Waals surface area contributed by atoms with Crippen molar-refractivity contribution in [1.82, 2.24) is 15.0 Å². The van der Waals surface area contributed by atoms with Gasteiger partial charge in [0.15, 0.2) is 11.5 Å². The van der Waals surface area contributed by atoms with Crippen LogP contribution in [-0.2, 0) is 0 Å². The van der Waals surface area contributed by atoms with Crippen LogP contribution in [0.1, 0.15) is 29.0 Å². The standard InChI is InChI=1S/C18H16FN3O2/c1-12(14-7-3-4-8-15(14)19)22(2)18(23)16-10-17(24-21-16)13-6-5-9-20-11-13/h3-12H,1-2H3. The Hall–Kier alpha value is -3.02. The van der Waals surface area contributed by atoms with E-state index in [1.165, 1.54) is 11.0 Å². The van der Waals surface area contributed by atoms with Gasteiger partial charge in [-0.3, -0.25) is 9.78 Å². The van der Waals surface area contributed by atoms with E-state index in [1.54, 1.807) is 56.7 Å². The summed E-state index contributed by atoms with van der Waals surface area (Å²) in [4.78, 5) is 18.0. The molecule has 0 aliphatic rings. The zero-order valence-electron chi connectivity index (χ0n) is 13.3. The van der Waals surface area contributed by atoms with Gasteiger partial charge in [-0.15, -0.1) is 0 Å². The van der Waals surface area contributed by atoms with Crippen LogP contribution >= 0.6 is 0 Å². The normalized spacial score (nSPS) is 12.0. The van der Waals surface area contributed by atoms with Crippen molar-refractivity contribution in [2.24, 2.45) is 0 Å². The molecule has 0 aliphatic heterocycles. The molecule has 3 rings (SSSR count). The summed E-state index contributed by atoms with van der Waals surface area (Å²) >= 11 is 0. The molecule has 5 nitrogen and oxygen atoms in total. The number of rotatable bonds is 4. The molecule has 1 aromatic carbocycles. The molecular weight excluding hydrogens is 309 g/mol. The summed E-state index contributed by atoms with van der Waals surface area (Å²) < 4.78 is 19.1. The van der Waals surface area contributed by atoms with Crippen LogP contribution < -0.4 is 0 Å². The molecule has 1 unspecified atom stereocenters. The van der Waals surface area contributed by atoms with Gasteiger partial charge in [-0.2, -0.15) is 0 Å². The predicted octanol–water partition coefficient (Wildman–Crippen LogP) is 3.71. The third-order valence-electron chi connectivity index (χ3n) is 3.93. The van der Waals surface area contributed by atoms with E-state index in [2.05, 4.69) is 10.1 Å². The van der Waals surface area contributed by atoms with Crippen molar-refractivity contribution in [2.75, 3.05) is 7.05 Å². The second-order valence-electron chi connectivity index (χ2n) is 5.43. The molecule has 24 heavy (non-hydrogen) atoms. The van der Waals surface area contributed by atoms with Crippen molar-refractivity contribution in [1.29, 1.82) is 0 Å². The Bertz CT molecular complexity index is 848. The predicted molar refractivity (Wildman–Crippen MR) is 86.6 cm³/mol. The number of benzene rings is 1. The maximum absolute atomic E-state index is 13.9. The molecule has 3 aromatic rings. The Labute approximate surface area is 138 Å². The second-order valence-corrected chi connectivity index (χ2v) is 5.43. The van der Waals surface area contributed by atoms with Crippen LogP contribution in [0.3, 0.4) is 0 Å². The van der Waals surface area contributed by atoms with Crippen LogP contribution in [0.25, 0.3) is 11.3 Å². The first-order chi connectivity index (χ1) is 11.6. The van der Waals surface area contributed by atoms with Crippen molar-refractivity contribution in [3.8, 4) is 11.3 Å². The van der Waals surface area contributed by atoms with Gasteiger partial charge in [-0.05, 0) is 25.1 Å². The number of hydrogen-bond acceptors (Lipinski definition) is 4. The summed E-state index contributed by atoms with van der Waals surface area (Å²) in [5.74, 6) is -0.233. The number of aromatic nitrogens is 2. The Morgan fingerprint density at radius 3 is 2.75 bits per heavy atom. The van der Waals surface area contributed by atoms with Crippen LogP contribution in [0.2, 0.25) is 0 Å². The average molecular weight is 325 g/mol. The van der Waals surface area contributed by atoms with Gasteiger partial charge in [-0.25, -0.2) is 4.39 Å². The SMILES string of the molecule is CC(c1ccccc1F)N(C)C(=O)c1cc(-c2cccnc2)on1. The number of hydrogen-bond donors (Lipinski definition) is 0. The lowest BCUT2D eigenvalue weighted by Crippen LogP contribution is -2.30. The number of carbonyl (C=O) groups excluding carboxylic acids is 1. The second kappa shape index (κ2) is 6.62. The number of amides is 1. The lowest BCUT2D eigenvalue weighted by molar-refractivity contribution is 0.0730. The van der Waals surface area contributed by atoms with E-state index in [4.69, 9.17) is 4.52 Å². The molecule has 1 amide bonds. The smallest absolute Gasteiger partial charge is 0.276 e. The first kappa shape index (κ1) is 15.9. The van der Waals surface area contributed by atoms with Gasteiger partial charge in [0.05, 0.1) is 6.04 Å². The summed E-state index contributed by atoms with van der Waals surface area (Å²) in [6, 6.07) is 11.1. The van der Waals surface area contributed by atoms with E-state index in [1.807, 2.05) is 6.07 Å². The van der Waals surface area contributed by atoms with Crippen molar-refractivity contribution in [3.05, 3.63) is 71.9 Å². The van der Waals surface area contributed by atoms with E-state index < -0.39 is 6.04 Å². The third-order valence-corrected chi connectivity index (χ3v) is 3.93. The van der Waals surface area contributed by atoms with Crippen molar-refractivity contribution in [3.63, 3.8) is 0 Å². The molecular formula is C18H16FN3O2. The average Bonchev–Trinajstić information content (AvgIpc) is 3.11. The molecule has 122 valence electrons. The molecule has 2 aromatic heterocycles. The van der Waals surface area contributed by atoms with Crippen LogP contribution in [0.15, 0.2) is 59.4 Å². The fraction of sp³-hybridized carbons (Fsp3) is 0.167. The van der Waals surface area contributed by atoms with Crippen molar-refractivity contribution < 1.29 is 13.7 Å². The Morgan fingerprint density at radius 2 is 2.04 bits per heavy atom. The molecule has 0 fully saturated rings. The van der Waals surface area contributed by atoms with E-state index in [0.29, 0.717) is 11.3 Å². The molecule has 0 bridgehead atoms. The molecule has 0 radical (unpaired) electrons. The summed E-state index contributed by atoms with van der Waals surface area (Å²) in [6.45, 7) is 1.76. The summed E-state index contributed by atoms with van der Waals surface area (Å²) in [6.07, 6.45) is 3.27. The highest BCUT2D eigenvalue weighted by atomic mass is 19.1. The number of carbonyl (C=O) groups is 1. The number of nitrogens with zero attached hydrogens (tertiary/aromatic N) is 3. The summed E-state index contributed by atoms with van der Waals surface area (Å²) in [5, 5.41) is 3.82. The van der Waals surface area contributed by atoms with Crippen LogP contribution in [-0.4, -0.2) is 28.0 Å². The van der Waals surface area contributed by atoms with Crippen molar-refractivity contribution in [2.45, 2.75) is 13.0 Å². The molecule has 2 heterocycles. The number of pyridine rings is 1. The van der Waals surface area contributed by atoms with Crippen molar-refractivity contribution >= 4 is 5.91 Å². The molecule has 1 atom stereocenters. The van der Waals surface area contributed by atoms with Gasteiger partial charge >= 0.3 is 0 Å². The topological polar surface area (TPSA) is 59.2 Å². The monoisotopic (exact) mass is 325 g/mol. The zero-order valence-corrected chi connectivity index (χ0v) is 13.3. The minimum atomic E-state index is -0.433.